The molecule has 0 amide bonds. The smallest absolute Gasteiger partial charge is 0.277 e. The second-order valence-corrected chi connectivity index (χ2v) is 7.81. The van der Waals surface area contributed by atoms with Gasteiger partial charge >= 0.3 is 0 Å². The van der Waals surface area contributed by atoms with E-state index < -0.39 is 17.2 Å². The molecule has 0 aromatic carbocycles. The molecule has 160 valence electrons. The Hall–Kier alpha value is -3.13. The summed E-state index contributed by atoms with van der Waals surface area (Å²) in [5, 5.41) is -0.198. The Bertz CT molecular complexity index is 1260. The third kappa shape index (κ3) is 4.20. The number of Topliss-reactive ketones (excluding diaryl/α,β-unsaturated/α-hetero) is 1. The van der Waals surface area contributed by atoms with Crippen LogP contribution in [0.1, 0.15) is 53.1 Å². The van der Waals surface area contributed by atoms with Gasteiger partial charge in [0.05, 0.1) is 11.9 Å². The predicted molar refractivity (Wildman–Crippen MR) is 110 cm³/mol. The average Bonchev–Trinajstić information content (AvgIpc) is 3.56. The van der Waals surface area contributed by atoms with Crippen molar-refractivity contribution < 1.29 is 18.3 Å². The lowest BCUT2D eigenvalue weighted by molar-refractivity contribution is 0.101. The summed E-state index contributed by atoms with van der Waals surface area (Å²) in [6.45, 7) is 2.78. The van der Waals surface area contributed by atoms with Crippen LogP contribution in [0.5, 0.6) is 5.75 Å². The standard InChI is InChI=1S/C22H18ClF2N3O3/c1-11-5-20(31-10-18-16(25)6-14(24)8-26-18)21(23)22(30)28(11)19-7-17(12(2)29)27-9-15(19)13-3-4-13/h5-9,13H,3-4,10H2,1-2H3. The first-order valence-electron chi connectivity index (χ1n) is 9.62. The van der Waals surface area contributed by atoms with E-state index in [1.54, 1.807) is 25.3 Å². The van der Waals surface area contributed by atoms with E-state index in [0.29, 0.717) is 17.4 Å². The molecule has 0 radical (unpaired) electrons. The number of pyridine rings is 3. The maximum absolute atomic E-state index is 13.8. The zero-order valence-corrected chi connectivity index (χ0v) is 17.5. The number of rotatable bonds is 6. The van der Waals surface area contributed by atoms with Gasteiger partial charge in [-0.05, 0) is 37.3 Å². The summed E-state index contributed by atoms with van der Waals surface area (Å²) in [5.41, 5.74) is 1.55. The van der Waals surface area contributed by atoms with Crippen LogP contribution >= 0.6 is 11.6 Å². The van der Waals surface area contributed by atoms with Gasteiger partial charge in [-0.1, -0.05) is 11.6 Å². The fraction of sp³-hybridized carbons (Fsp3) is 0.273. The van der Waals surface area contributed by atoms with Crippen LogP contribution in [0.4, 0.5) is 8.78 Å². The Balaban J connectivity index is 1.73. The summed E-state index contributed by atoms with van der Waals surface area (Å²) in [6.07, 6.45) is 4.47. The largest absolute Gasteiger partial charge is 0.485 e. The van der Waals surface area contributed by atoms with Gasteiger partial charge < -0.3 is 4.74 Å². The minimum Gasteiger partial charge on any atom is -0.485 e. The summed E-state index contributed by atoms with van der Waals surface area (Å²) in [7, 11) is 0. The lowest BCUT2D eigenvalue weighted by Crippen LogP contribution is -2.23. The Kier molecular flexibility index (Phi) is 5.58. The van der Waals surface area contributed by atoms with Crippen LogP contribution in [0, 0.1) is 18.6 Å². The number of halogens is 3. The van der Waals surface area contributed by atoms with Gasteiger partial charge in [-0.3, -0.25) is 24.1 Å². The van der Waals surface area contributed by atoms with E-state index in [-0.39, 0.29) is 40.5 Å². The van der Waals surface area contributed by atoms with E-state index in [9.17, 15) is 18.4 Å². The quantitative estimate of drug-likeness (QED) is 0.521. The first-order chi connectivity index (χ1) is 14.8. The molecule has 0 N–H and O–H groups in total. The molecule has 0 saturated heterocycles. The van der Waals surface area contributed by atoms with Gasteiger partial charge in [0.15, 0.2) is 11.6 Å². The molecule has 1 aliphatic rings. The number of hydrogen-bond acceptors (Lipinski definition) is 5. The van der Waals surface area contributed by atoms with Crippen molar-refractivity contribution in [2.24, 2.45) is 0 Å². The van der Waals surface area contributed by atoms with Gasteiger partial charge in [-0.25, -0.2) is 8.78 Å². The number of aromatic nitrogens is 3. The van der Waals surface area contributed by atoms with Gasteiger partial charge in [0.1, 0.15) is 34.6 Å². The second kappa shape index (κ2) is 8.19. The van der Waals surface area contributed by atoms with E-state index in [4.69, 9.17) is 16.3 Å². The molecule has 0 atom stereocenters. The Morgan fingerprint density at radius 3 is 2.61 bits per heavy atom. The van der Waals surface area contributed by atoms with Gasteiger partial charge in [0, 0.05) is 30.9 Å². The van der Waals surface area contributed by atoms with Crippen LogP contribution in [0.2, 0.25) is 5.02 Å². The molecule has 1 fully saturated rings. The number of hydrogen-bond donors (Lipinski definition) is 0. The minimum absolute atomic E-state index is 0.0553. The van der Waals surface area contributed by atoms with Crippen molar-refractivity contribution in [1.29, 1.82) is 0 Å². The zero-order chi connectivity index (χ0) is 22.3. The monoisotopic (exact) mass is 445 g/mol. The lowest BCUT2D eigenvalue weighted by Gasteiger charge is -2.17. The van der Waals surface area contributed by atoms with Crippen molar-refractivity contribution in [2.45, 2.75) is 39.2 Å². The third-order valence-electron chi connectivity index (χ3n) is 5.08. The molecule has 1 aliphatic carbocycles. The molecular weight excluding hydrogens is 428 g/mol. The van der Waals surface area contributed by atoms with Crippen LogP contribution in [0.25, 0.3) is 5.69 Å². The first-order valence-corrected chi connectivity index (χ1v) is 10.00. The molecule has 9 heteroatoms. The Labute approximate surface area is 181 Å². The van der Waals surface area contributed by atoms with Gasteiger partial charge in [-0.2, -0.15) is 0 Å². The molecular formula is C22H18ClF2N3O3. The van der Waals surface area contributed by atoms with Crippen molar-refractivity contribution in [3.05, 3.63) is 80.2 Å². The van der Waals surface area contributed by atoms with E-state index in [1.807, 2.05) is 0 Å². The molecule has 3 heterocycles. The average molecular weight is 446 g/mol. The van der Waals surface area contributed by atoms with Crippen LogP contribution in [-0.2, 0) is 6.61 Å². The maximum Gasteiger partial charge on any atom is 0.277 e. The number of carbonyl (C=O) groups excluding carboxylic acids is 1. The predicted octanol–water partition coefficient (Wildman–Crippen LogP) is 4.53. The van der Waals surface area contributed by atoms with Crippen molar-refractivity contribution in [1.82, 2.24) is 14.5 Å². The van der Waals surface area contributed by atoms with Crippen LogP contribution in [-0.4, -0.2) is 20.3 Å². The number of carbonyl (C=O) groups is 1. The molecule has 0 spiro atoms. The van der Waals surface area contributed by atoms with Crippen molar-refractivity contribution in [3.63, 3.8) is 0 Å². The minimum atomic E-state index is -0.858. The summed E-state index contributed by atoms with van der Waals surface area (Å²) in [4.78, 5) is 32.8. The molecule has 0 unspecified atom stereocenters. The fourth-order valence-electron chi connectivity index (χ4n) is 3.33. The molecule has 1 saturated carbocycles. The van der Waals surface area contributed by atoms with Gasteiger partial charge in [0.2, 0.25) is 0 Å². The molecule has 0 aliphatic heterocycles. The molecule has 3 aromatic heterocycles. The number of aryl methyl sites for hydroxylation is 1. The number of nitrogens with zero attached hydrogens (tertiary/aromatic N) is 3. The Morgan fingerprint density at radius 1 is 1.23 bits per heavy atom. The highest BCUT2D eigenvalue weighted by atomic mass is 35.5. The van der Waals surface area contributed by atoms with E-state index in [0.717, 1.165) is 24.6 Å². The SMILES string of the molecule is CC(=O)c1cc(-n2c(C)cc(OCc3ncc(F)cc3F)c(Cl)c2=O)c(C2CC2)cn1. The molecule has 4 rings (SSSR count). The lowest BCUT2D eigenvalue weighted by atomic mass is 10.1. The third-order valence-corrected chi connectivity index (χ3v) is 5.43. The molecule has 0 bridgehead atoms. The van der Waals surface area contributed by atoms with E-state index in [2.05, 4.69) is 9.97 Å². The zero-order valence-electron chi connectivity index (χ0n) is 16.8. The molecule has 3 aromatic rings. The second-order valence-electron chi connectivity index (χ2n) is 7.43. The summed E-state index contributed by atoms with van der Waals surface area (Å²) in [5.74, 6) is -1.54. The highest BCUT2D eigenvalue weighted by molar-refractivity contribution is 6.31. The van der Waals surface area contributed by atoms with Gasteiger partial charge in [-0.15, -0.1) is 0 Å². The van der Waals surface area contributed by atoms with Crippen LogP contribution in [0.15, 0.2) is 35.4 Å². The highest BCUT2D eigenvalue weighted by Crippen LogP contribution is 2.42. The maximum atomic E-state index is 13.8. The fourth-order valence-corrected chi connectivity index (χ4v) is 3.53. The highest BCUT2D eigenvalue weighted by Gasteiger charge is 2.29. The summed E-state index contributed by atoms with van der Waals surface area (Å²) in [6, 6.07) is 3.85. The first kappa shape index (κ1) is 21.1. The Morgan fingerprint density at radius 2 is 1.97 bits per heavy atom. The number of ether oxygens (including phenoxy) is 1. The normalized spacial score (nSPS) is 13.3. The number of ketones is 1. The van der Waals surface area contributed by atoms with Crippen molar-refractivity contribution in [2.75, 3.05) is 0 Å². The van der Waals surface area contributed by atoms with Crippen LogP contribution < -0.4 is 10.3 Å². The van der Waals surface area contributed by atoms with Crippen molar-refractivity contribution >= 4 is 17.4 Å². The van der Waals surface area contributed by atoms with Crippen molar-refractivity contribution in [3.8, 4) is 11.4 Å². The van der Waals surface area contributed by atoms with Gasteiger partial charge in [0.25, 0.3) is 5.56 Å². The van der Waals surface area contributed by atoms with E-state index >= 15 is 0 Å². The van der Waals surface area contributed by atoms with Crippen LogP contribution in [0.3, 0.4) is 0 Å². The summed E-state index contributed by atoms with van der Waals surface area (Å²) >= 11 is 6.29. The topological polar surface area (TPSA) is 74.1 Å². The molecule has 6 nitrogen and oxygen atoms in total. The van der Waals surface area contributed by atoms with E-state index in [1.165, 1.54) is 11.5 Å². The summed E-state index contributed by atoms with van der Waals surface area (Å²) < 4.78 is 33.8. The molecule has 31 heavy (non-hydrogen) atoms.